The molecule has 1 aromatic heterocycles. The number of hydrogen-bond acceptors (Lipinski definition) is 6. The number of aromatic nitrogens is 4. The van der Waals surface area contributed by atoms with E-state index in [4.69, 9.17) is 9.47 Å². The molecule has 0 aliphatic carbocycles. The van der Waals surface area contributed by atoms with Crippen molar-refractivity contribution in [3.8, 4) is 17.2 Å². The molecule has 2 aromatic carbocycles. The molecule has 9 heteroatoms. The molecular weight excluding hydrogens is 390 g/mol. The molecule has 3 aromatic rings. The van der Waals surface area contributed by atoms with Crippen molar-refractivity contribution in [3.63, 3.8) is 0 Å². The summed E-state index contributed by atoms with van der Waals surface area (Å²) in [5.41, 5.74) is 1.61. The Bertz CT molecular complexity index is 930. The fourth-order valence-electron chi connectivity index (χ4n) is 2.48. The van der Waals surface area contributed by atoms with Crippen molar-refractivity contribution >= 4 is 27.5 Å². The molecule has 0 radical (unpaired) electrons. The Kier molecular flexibility index (Phi) is 4.06. The molecule has 25 heavy (non-hydrogen) atoms. The highest BCUT2D eigenvalue weighted by Gasteiger charge is 2.17. The average molecular weight is 402 g/mol. The minimum absolute atomic E-state index is 0.288. The van der Waals surface area contributed by atoms with E-state index in [9.17, 15) is 4.79 Å². The summed E-state index contributed by atoms with van der Waals surface area (Å²) in [7, 11) is 0. The molecule has 1 amide bonds. The zero-order valence-corrected chi connectivity index (χ0v) is 14.4. The van der Waals surface area contributed by atoms with Gasteiger partial charge in [0, 0.05) is 16.2 Å². The summed E-state index contributed by atoms with van der Waals surface area (Å²) < 4.78 is 13.2. The lowest BCUT2D eigenvalue weighted by Crippen LogP contribution is -2.17. The SMILES string of the molecule is O=C(Nc1ccc2c(c1)OCCO2)c1cc(Br)ccc1-n1cnnn1. The van der Waals surface area contributed by atoms with Crippen LogP contribution < -0.4 is 14.8 Å². The molecule has 0 unspecified atom stereocenters. The van der Waals surface area contributed by atoms with Gasteiger partial charge in [0.05, 0.1) is 11.3 Å². The normalized spacial score (nSPS) is 12.7. The first-order chi connectivity index (χ1) is 12.2. The maximum Gasteiger partial charge on any atom is 0.257 e. The molecule has 4 rings (SSSR count). The van der Waals surface area contributed by atoms with Gasteiger partial charge < -0.3 is 14.8 Å². The smallest absolute Gasteiger partial charge is 0.257 e. The van der Waals surface area contributed by atoms with Crippen molar-refractivity contribution in [3.05, 3.63) is 52.8 Å². The highest BCUT2D eigenvalue weighted by molar-refractivity contribution is 9.10. The van der Waals surface area contributed by atoms with E-state index in [0.717, 1.165) is 4.47 Å². The standard InChI is InChI=1S/C16H12BrN5O3/c17-10-1-3-13(22-9-18-20-21-22)12(7-10)16(23)19-11-2-4-14-15(8-11)25-6-5-24-14/h1-4,7-9H,5-6H2,(H,19,23). The summed E-state index contributed by atoms with van der Waals surface area (Å²) in [5.74, 6) is 0.989. The molecule has 0 atom stereocenters. The van der Waals surface area contributed by atoms with Crippen molar-refractivity contribution in [1.82, 2.24) is 20.2 Å². The fraction of sp³-hybridized carbons (Fsp3) is 0.125. The number of rotatable bonds is 3. The largest absolute Gasteiger partial charge is 0.486 e. The maximum atomic E-state index is 12.8. The summed E-state index contributed by atoms with van der Waals surface area (Å²) in [6, 6.07) is 10.6. The molecule has 2 heterocycles. The quantitative estimate of drug-likeness (QED) is 0.724. The third-order valence-corrected chi connectivity index (χ3v) is 4.09. The number of ether oxygens (including phenoxy) is 2. The van der Waals surface area contributed by atoms with Crippen LogP contribution in [0.3, 0.4) is 0 Å². The number of tetrazole rings is 1. The van der Waals surface area contributed by atoms with Crippen molar-refractivity contribution < 1.29 is 14.3 Å². The Morgan fingerprint density at radius 1 is 1.12 bits per heavy atom. The van der Waals surface area contributed by atoms with E-state index in [2.05, 4.69) is 36.8 Å². The number of nitrogens with zero attached hydrogens (tertiary/aromatic N) is 4. The molecular formula is C16H12BrN5O3. The second-order valence-corrected chi connectivity index (χ2v) is 6.14. The minimum atomic E-state index is -0.288. The van der Waals surface area contributed by atoms with Gasteiger partial charge in [-0.1, -0.05) is 15.9 Å². The molecule has 8 nitrogen and oxygen atoms in total. The molecule has 0 saturated heterocycles. The summed E-state index contributed by atoms with van der Waals surface area (Å²) in [6.45, 7) is 1.01. The lowest BCUT2D eigenvalue weighted by molar-refractivity contribution is 0.102. The van der Waals surface area contributed by atoms with E-state index in [-0.39, 0.29) is 5.91 Å². The summed E-state index contributed by atoms with van der Waals surface area (Å²) in [6.07, 6.45) is 1.43. The third kappa shape index (κ3) is 3.18. The second kappa shape index (κ2) is 6.52. The third-order valence-electron chi connectivity index (χ3n) is 3.60. The molecule has 1 aliphatic rings. The number of carbonyl (C=O) groups excluding carboxylic acids is 1. The molecule has 1 aliphatic heterocycles. The van der Waals surface area contributed by atoms with Crippen LogP contribution in [0.5, 0.6) is 11.5 Å². The van der Waals surface area contributed by atoms with Crippen LogP contribution in [-0.4, -0.2) is 39.3 Å². The first-order valence-corrected chi connectivity index (χ1v) is 8.24. The molecule has 0 fully saturated rings. The van der Waals surface area contributed by atoms with Gasteiger partial charge in [0.1, 0.15) is 19.5 Å². The maximum absolute atomic E-state index is 12.8. The Balaban J connectivity index is 1.64. The zero-order chi connectivity index (χ0) is 17.2. The molecule has 126 valence electrons. The Hall–Kier alpha value is -2.94. The van der Waals surface area contributed by atoms with Crippen LogP contribution >= 0.6 is 15.9 Å². The number of nitrogens with one attached hydrogen (secondary N) is 1. The summed E-state index contributed by atoms with van der Waals surface area (Å²) in [5, 5.41) is 13.9. The first-order valence-electron chi connectivity index (χ1n) is 7.44. The summed E-state index contributed by atoms with van der Waals surface area (Å²) >= 11 is 3.39. The first kappa shape index (κ1) is 15.6. The number of halogens is 1. The van der Waals surface area contributed by atoms with Crippen LogP contribution in [0, 0.1) is 0 Å². The van der Waals surface area contributed by atoms with Gasteiger partial charge >= 0.3 is 0 Å². The van der Waals surface area contributed by atoms with Gasteiger partial charge in [-0.25, -0.2) is 0 Å². The monoisotopic (exact) mass is 401 g/mol. The van der Waals surface area contributed by atoms with E-state index in [1.54, 1.807) is 30.3 Å². The van der Waals surface area contributed by atoms with Crippen molar-refractivity contribution in [2.45, 2.75) is 0 Å². The molecule has 0 bridgehead atoms. The number of fused-ring (bicyclic) bond motifs is 1. The fourth-order valence-corrected chi connectivity index (χ4v) is 2.84. The number of hydrogen-bond donors (Lipinski definition) is 1. The lowest BCUT2D eigenvalue weighted by atomic mass is 10.1. The Labute approximate surface area is 150 Å². The second-order valence-electron chi connectivity index (χ2n) is 5.23. The van der Waals surface area contributed by atoms with E-state index >= 15 is 0 Å². The predicted octanol–water partition coefficient (Wildman–Crippen LogP) is 2.45. The van der Waals surface area contributed by atoms with Crippen molar-refractivity contribution in [1.29, 1.82) is 0 Å². The zero-order valence-electron chi connectivity index (χ0n) is 12.8. The van der Waals surface area contributed by atoms with Gasteiger partial charge in [0.25, 0.3) is 5.91 Å². The summed E-state index contributed by atoms with van der Waals surface area (Å²) in [4.78, 5) is 12.8. The van der Waals surface area contributed by atoms with Crippen LogP contribution in [0.25, 0.3) is 5.69 Å². The number of anilines is 1. The van der Waals surface area contributed by atoms with Gasteiger partial charge in [-0.05, 0) is 40.8 Å². The van der Waals surface area contributed by atoms with Crippen LogP contribution in [-0.2, 0) is 0 Å². The van der Waals surface area contributed by atoms with E-state index in [1.165, 1.54) is 11.0 Å². The van der Waals surface area contributed by atoms with E-state index < -0.39 is 0 Å². The highest BCUT2D eigenvalue weighted by Crippen LogP contribution is 2.33. The average Bonchev–Trinajstić information content (AvgIpc) is 3.16. The van der Waals surface area contributed by atoms with Gasteiger partial charge in [0.15, 0.2) is 11.5 Å². The number of benzene rings is 2. The topological polar surface area (TPSA) is 91.2 Å². The van der Waals surface area contributed by atoms with E-state index in [1.807, 2.05) is 6.07 Å². The molecule has 1 N–H and O–H groups in total. The number of carbonyl (C=O) groups is 1. The van der Waals surface area contributed by atoms with Crippen LogP contribution in [0.2, 0.25) is 0 Å². The van der Waals surface area contributed by atoms with Gasteiger partial charge in [-0.3, -0.25) is 4.79 Å². The van der Waals surface area contributed by atoms with Crippen molar-refractivity contribution in [2.75, 3.05) is 18.5 Å². The van der Waals surface area contributed by atoms with Gasteiger partial charge in [-0.15, -0.1) is 5.10 Å². The van der Waals surface area contributed by atoms with Crippen LogP contribution in [0.4, 0.5) is 5.69 Å². The van der Waals surface area contributed by atoms with Gasteiger partial charge in [0.2, 0.25) is 0 Å². The van der Waals surface area contributed by atoms with Crippen molar-refractivity contribution in [2.24, 2.45) is 0 Å². The van der Waals surface area contributed by atoms with Gasteiger partial charge in [-0.2, -0.15) is 4.68 Å². The van der Waals surface area contributed by atoms with E-state index in [0.29, 0.717) is 41.7 Å². The number of amides is 1. The highest BCUT2D eigenvalue weighted by atomic mass is 79.9. The molecule has 0 saturated carbocycles. The predicted molar refractivity (Wildman–Crippen MR) is 92.2 cm³/mol. The Morgan fingerprint density at radius 2 is 1.96 bits per heavy atom. The van der Waals surface area contributed by atoms with Crippen LogP contribution in [0.15, 0.2) is 47.2 Å². The Morgan fingerprint density at radius 3 is 2.76 bits per heavy atom. The minimum Gasteiger partial charge on any atom is -0.486 e. The lowest BCUT2D eigenvalue weighted by Gasteiger charge is -2.19. The van der Waals surface area contributed by atoms with Crippen LogP contribution in [0.1, 0.15) is 10.4 Å². The molecule has 0 spiro atoms.